The summed E-state index contributed by atoms with van der Waals surface area (Å²) in [7, 11) is -1.51. The lowest BCUT2D eigenvalue weighted by Gasteiger charge is -2.13. The highest BCUT2D eigenvalue weighted by molar-refractivity contribution is 7.86. The van der Waals surface area contributed by atoms with E-state index < -0.39 is 16.0 Å². The molecule has 1 aromatic rings. The first-order valence-electron chi connectivity index (χ1n) is 5.70. The lowest BCUT2D eigenvalue weighted by molar-refractivity contribution is -0.120. The van der Waals surface area contributed by atoms with E-state index in [1.165, 1.54) is 6.07 Å². The molecule has 2 unspecified atom stereocenters. The third kappa shape index (κ3) is 3.71. The zero-order valence-corrected chi connectivity index (χ0v) is 12.0. The summed E-state index contributed by atoms with van der Waals surface area (Å²) in [6.45, 7) is 4.14. The first-order valence-corrected chi connectivity index (χ1v) is 7.29. The predicted octanol–water partition coefficient (Wildman–Crippen LogP) is 1.94. The average Bonchev–Trinajstić information content (AvgIpc) is 2.37. The van der Waals surface area contributed by atoms with Crippen LogP contribution in [0, 0.1) is 0 Å². The summed E-state index contributed by atoms with van der Waals surface area (Å²) in [6.07, 6.45) is 0.838. The van der Waals surface area contributed by atoms with Gasteiger partial charge in [0.2, 0.25) is 5.91 Å². The smallest absolute Gasteiger partial charge is 0.235 e. The fraction of sp³-hybridized carbons (Fsp3) is 0.417. The van der Waals surface area contributed by atoms with Gasteiger partial charge in [0, 0.05) is 17.3 Å². The lowest BCUT2D eigenvalue weighted by atomic mass is 10.3. The second-order valence-corrected chi connectivity index (χ2v) is 6.09. The SMILES string of the molecule is CCCNC(=O)C(C)S(=O)c1cc(Cl)ccc1N. The zero-order valence-electron chi connectivity index (χ0n) is 10.4. The molecule has 1 rings (SSSR count). The Hall–Kier alpha value is -1.07. The quantitative estimate of drug-likeness (QED) is 0.814. The molecule has 3 N–H and O–H groups in total. The Kier molecular flexibility index (Phi) is 5.62. The van der Waals surface area contributed by atoms with E-state index in [1.807, 2.05) is 6.92 Å². The number of rotatable bonds is 5. The van der Waals surface area contributed by atoms with Crippen molar-refractivity contribution in [1.82, 2.24) is 5.32 Å². The van der Waals surface area contributed by atoms with Gasteiger partial charge < -0.3 is 11.1 Å². The predicted molar refractivity (Wildman–Crippen MR) is 75.0 cm³/mol. The zero-order chi connectivity index (χ0) is 13.7. The number of amides is 1. The maximum Gasteiger partial charge on any atom is 0.235 e. The van der Waals surface area contributed by atoms with E-state index >= 15 is 0 Å². The highest BCUT2D eigenvalue weighted by atomic mass is 35.5. The van der Waals surface area contributed by atoms with E-state index in [4.69, 9.17) is 17.3 Å². The molecule has 6 heteroatoms. The van der Waals surface area contributed by atoms with Crippen molar-refractivity contribution in [3.05, 3.63) is 23.2 Å². The molecule has 1 amide bonds. The minimum Gasteiger partial charge on any atom is -0.398 e. The molecular weight excluding hydrogens is 272 g/mol. The van der Waals surface area contributed by atoms with E-state index in [9.17, 15) is 9.00 Å². The number of nitrogen functional groups attached to an aromatic ring is 1. The molecule has 0 saturated heterocycles. The van der Waals surface area contributed by atoms with Gasteiger partial charge in [-0.3, -0.25) is 9.00 Å². The van der Waals surface area contributed by atoms with Gasteiger partial charge in [0.05, 0.1) is 15.7 Å². The van der Waals surface area contributed by atoms with Gasteiger partial charge in [-0.05, 0) is 31.5 Å². The van der Waals surface area contributed by atoms with Gasteiger partial charge in [0.1, 0.15) is 5.25 Å². The van der Waals surface area contributed by atoms with Crippen LogP contribution < -0.4 is 11.1 Å². The van der Waals surface area contributed by atoms with Crippen LogP contribution in [0.5, 0.6) is 0 Å². The van der Waals surface area contributed by atoms with Gasteiger partial charge in [-0.15, -0.1) is 0 Å². The highest BCUT2D eigenvalue weighted by Gasteiger charge is 2.22. The highest BCUT2D eigenvalue weighted by Crippen LogP contribution is 2.23. The molecule has 0 spiro atoms. The first-order chi connectivity index (χ1) is 8.47. The summed E-state index contributed by atoms with van der Waals surface area (Å²) in [6, 6.07) is 4.75. The van der Waals surface area contributed by atoms with Crippen molar-refractivity contribution in [2.45, 2.75) is 30.4 Å². The first kappa shape index (κ1) is 15.0. The van der Waals surface area contributed by atoms with Crippen LogP contribution in [-0.4, -0.2) is 21.9 Å². The van der Waals surface area contributed by atoms with Gasteiger partial charge in [0.25, 0.3) is 0 Å². The number of nitrogens with two attached hydrogens (primary N) is 1. The lowest BCUT2D eigenvalue weighted by Crippen LogP contribution is -2.36. The van der Waals surface area contributed by atoms with Crippen molar-refractivity contribution in [2.75, 3.05) is 12.3 Å². The molecule has 0 aliphatic rings. The topological polar surface area (TPSA) is 72.2 Å². The molecule has 18 heavy (non-hydrogen) atoms. The maximum absolute atomic E-state index is 12.2. The van der Waals surface area contributed by atoms with Crippen LogP contribution in [0.25, 0.3) is 0 Å². The minimum atomic E-state index is -1.51. The molecule has 0 radical (unpaired) electrons. The Bertz CT molecular complexity index is 465. The molecular formula is C12H17ClN2O2S. The third-order valence-corrected chi connectivity index (χ3v) is 4.31. The Morgan fingerprint density at radius 1 is 1.56 bits per heavy atom. The second kappa shape index (κ2) is 6.75. The summed E-state index contributed by atoms with van der Waals surface area (Å²) in [5, 5.41) is 2.51. The van der Waals surface area contributed by atoms with Crippen LogP contribution in [0.4, 0.5) is 5.69 Å². The van der Waals surface area contributed by atoms with Gasteiger partial charge in [-0.2, -0.15) is 0 Å². The van der Waals surface area contributed by atoms with Crippen molar-refractivity contribution < 1.29 is 9.00 Å². The number of hydrogen-bond donors (Lipinski definition) is 2. The van der Waals surface area contributed by atoms with Crippen LogP contribution in [0.3, 0.4) is 0 Å². The Balaban J connectivity index is 2.86. The van der Waals surface area contributed by atoms with Gasteiger partial charge in [0.15, 0.2) is 0 Å². The van der Waals surface area contributed by atoms with Crippen molar-refractivity contribution in [1.29, 1.82) is 0 Å². The molecule has 0 fully saturated rings. The summed E-state index contributed by atoms with van der Waals surface area (Å²) >= 11 is 5.84. The number of anilines is 1. The molecule has 0 aliphatic carbocycles. The van der Waals surface area contributed by atoms with Crippen LogP contribution in [0.2, 0.25) is 5.02 Å². The fourth-order valence-electron chi connectivity index (χ4n) is 1.36. The van der Waals surface area contributed by atoms with Crippen LogP contribution in [0.1, 0.15) is 20.3 Å². The van der Waals surface area contributed by atoms with Crippen molar-refractivity contribution in [3.8, 4) is 0 Å². The van der Waals surface area contributed by atoms with Gasteiger partial charge in [-0.25, -0.2) is 0 Å². The molecule has 0 aliphatic heterocycles. The van der Waals surface area contributed by atoms with Crippen molar-refractivity contribution in [2.24, 2.45) is 0 Å². The largest absolute Gasteiger partial charge is 0.398 e. The van der Waals surface area contributed by atoms with Gasteiger partial charge in [-0.1, -0.05) is 18.5 Å². The molecule has 1 aromatic carbocycles. The maximum atomic E-state index is 12.2. The molecule has 0 saturated carbocycles. The summed E-state index contributed by atoms with van der Waals surface area (Å²) in [5.41, 5.74) is 6.13. The number of nitrogens with one attached hydrogen (secondary N) is 1. The molecule has 4 nitrogen and oxygen atoms in total. The van der Waals surface area contributed by atoms with E-state index in [0.29, 0.717) is 22.2 Å². The van der Waals surface area contributed by atoms with Crippen molar-refractivity contribution >= 4 is 34.0 Å². The van der Waals surface area contributed by atoms with E-state index in [1.54, 1.807) is 19.1 Å². The minimum absolute atomic E-state index is 0.241. The number of hydrogen-bond acceptors (Lipinski definition) is 3. The van der Waals surface area contributed by atoms with Crippen LogP contribution in [0.15, 0.2) is 23.1 Å². The Morgan fingerprint density at radius 2 is 2.22 bits per heavy atom. The second-order valence-electron chi connectivity index (χ2n) is 3.91. The number of halogens is 1. The van der Waals surface area contributed by atoms with E-state index in [0.717, 1.165) is 6.42 Å². The molecule has 0 aromatic heterocycles. The average molecular weight is 289 g/mol. The number of carbonyl (C=O) groups excluding carboxylic acids is 1. The van der Waals surface area contributed by atoms with Crippen molar-refractivity contribution in [3.63, 3.8) is 0 Å². The summed E-state index contributed by atoms with van der Waals surface area (Å²) < 4.78 is 12.2. The number of carbonyl (C=O) groups is 1. The molecule has 100 valence electrons. The molecule has 2 atom stereocenters. The van der Waals surface area contributed by atoms with E-state index in [-0.39, 0.29) is 5.91 Å². The third-order valence-electron chi connectivity index (χ3n) is 2.43. The Labute approximate surface area is 114 Å². The standard InChI is InChI=1S/C12H17ClN2O2S/c1-3-6-15-12(16)8(2)18(17)11-7-9(13)4-5-10(11)14/h4-5,7-8H,3,6,14H2,1-2H3,(H,15,16). The van der Waals surface area contributed by atoms with Crippen LogP contribution in [-0.2, 0) is 15.6 Å². The molecule has 0 bridgehead atoms. The van der Waals surface area contributed by atoms with E-state index in [2.05, 4.69) is 5.32 Å². The Morgan fingerprint density at radius 3 is 2.83 bits per heavy atom. The summed E-state index contributed by atoms with van der Waals surface area (Å²) in [4.78, 5) is 12.1. The summed E-state index contributed by atoms with van der Waals surface area (Å²) in [5.74, 6) is -0.241. The monoisotopic (exact) mass is 288 g/mol. The number of benzene rings is 1. The van der Waals surface area contributed by atoms with Crippen LogP contribution >= 0.6 is 11.6 Å². The fourth-order valence-corrected chi connectivity index (χ4v) is 2.80. The normalized spacial score (nSPS) is 13.9. The van der Waals surface area contributed by atoms with Gasteiger partial charge >= 0.3 is 0 Å². The molecule has 0 heterocycles.